The Morgan fingerprint density at radius 3 is 2.23 bits per heavy atom. The third-order valence-corrected chi connectivity index (χ3v) is 6.26. The number of hydrogen-bond acceptors (Lipinski definition) is 0. The first-order valence-electron chi connectivity index (χ1n) is 5.30. The Morgan fingerprint density at radius 2 is 1.85 bits per heavy atom. The van der Waals surface area contributed by atoms with E-state index in [4.69, 9.17) is 11.6 Å². The minimum atomic E-state index is -0.496. The fraction of sp³-hybridized carbons (Fsp3) is 1.00. The van der Waals surface area contributed by atoms with Gasteiger partial charge in [0, 0.05) is 0 Å². The highest BCUT2D eigenvalue weighted by Gasteiger charge is 2.16. The number of alkyl halides is 1. The van der Waals surface area contributed by atoms with Gasteiger partial charge in [-0.2, -0.15) is 0 Å². The van der Waals surface area contributed by atoms with E-state index in [0.29, 0.717) is 0 Å². The van der Waals surface area contributed by atoms with E-state index in [-0.39, 0.29) is 0 Å². The summed E-state index contributed by atoms with van der Waals surface area (Å²) in [5.74, 6) is 2.29. The summed E-state index contributed by atoms with van der Waals surface area (Å²) in [6.45, 7) is 4.58. The SMILES string of the molecule is CCCCC(CC)CS(C)(C)CCl. The molecule has 0 aliphatic rings. The molecule has 0 aliphatic carbocycles. The summed E-state index contributed by atoms with van der Waals surface area (Å²) in [4.78, 5) is 0. The van der Waals surface area contributed by atoms with Crippen molar-refractivity contribution in [2.75, 3.05) is 23.5 Å². The summed E-state index contributed by atoms with van der Waals surface area (Å²) in [5.41, 5.74) is 0. The molecule has 0 aromatic heterocycles. The number of hydrogen-bond donors (Lipinski definition) is 0. The second kappa shape index (κ2) is 7.00. The Balaban J connectivity index is 3.82. The van der Waals surface area contributed by atoms with E-state index in [9.17, 15) is 0 Å². The van der Waals surface area contributed by atoms with E-state index in [2.05, 4.69) is 26.4 Å². The highest BCUT2D eigenvalue weighted by molar-refractivity contribution is 8.33. The van der Waals surface area contributed by atoms with Gasteiger partial charge in [-0.15, -0.1) is 11.6 Å². The number of rotatable bonds is 7. The van der Waals surface area contributed by atoms with E-state index in [1.165, 1.54) is 31.4 Å². The second-order valence-corrected chi connectivity index (χ2v) is 9.20. The largest absolute Gasteiger partial charge is 0.233 e. The molecule has 0 aromatic carbocycles. The molecule has 0 fully saturated rings. The van der Waals surface area contributed by atoms with Gasteiger partial charge in [-0.3, -0.25) is 0 Å². The first-order chi connectivity index (χ1) is 6.05. The summed E-state index contributed by atoms with van der Waals surface area (Å²) in [7, 11) is -0.496. The molecule has 0 saturated carbocycles. The van der Waals surface area contributed by atoms with Crippen LogP contribution in [0.3, 0.4) is 0 Å². The normalized spacial score (nSPS) is 15.8. The third-order valence-electron chi connectivity index (χ3n) is 2.53. The highest BCUT2D eigenvalue weighted by Crippen LogP contribution is 2.43. The lowest BCUT2D eigenvalue weighted by Crippen LogP contribution is -2.13. The molecule has 82 valence electrons. The molecule has 0 heterocycles. The minimum Gasteiger partial charge on any atom is -0.233 e. The monoisotopic (exact) mass is 224 g/mol. The molecule has 1 unspecified atom stereocenters. The van der Waals surface area contributed by atoms with Crippen molar-refractivity contribution in [2.45, 2.75) is 39.5 Å². The van der Waals surface area contributed by atoms with Crippen LogP contribution >= 0.6 is 21.6 Å². The fourth-order valence-electron chi connectivity index (χ4n) is 1.58. The predicted molar refractivity (Wildman–Crippen MR) is 68.3 cm³/mol. The summed E-state index contributed by atoms with van der Waals surface area (Å²) in [5, 5.41) is 0.871. The molecular formula is C11H25ClS. The zero-order chi connectivity index (χ0) is 10.3. The maximum Gasteiger partial charge on any atom is 0.0523 e. The number of unbranched alkanes of at least 4 members (excludes halogenated alkanes) is 1. The Labute approximate surface area is 90.8 Å². The van der Waals surface area contributed by atoms with Crippen molar-refractivity contribution in [1.82, 2.24) is 0 Å². The lowest BCUT2D eigenvalue weighted by atomic mass is 10.0. The van der Waals surface area contributed by atoms with Crippen LogP contribution in [0.25, 0.3) is 0 Å². The molecule has 2 heteroatoms. The maximum absolute atomic E-state index is 5.97. The van der Waals surface area contributed by atoms with Gasteiger partial charge >= 0.3 is 0 Å². The van der Waals surface area contributed by atoms with E-state index in [1.54, 1.807) is 0 Å². The molecule has 0 aliphatic heterocycles. The van der Waals surface area contributed by atoms with Gasteiger partial charge in [0.05, 0.1) is 5.21 Å². The molecule has 0 N–H and O–H groups in total. The van der Waals surface area contributed by atoms with Crippen LogP contribution in [0.1, 0.15) is 39.5 Å². The highest BCUT2D eigenvalue weighted by atomic mass is 35.5. The smallest absolute Gasteiger partial charge is 0.0523 e. The quantitative estimate of drug-likeness (QED) is 0.560. The molecule has 0 saturated heterocycles. The van der Waals surface area contributed by atoms with E-state index in [0.717, 1.165) is 11.1 Å². The molecule has 0 spiro atoms. The van der Waals surface area contributed by atoms with Gasteiger partial charge in [-0.25, -0.2) is 10.0 Å². The van der Waals surface area contributed by atoms with Crippen molar-refractivity contribution in [3.63, 3.8) is 0 Å². The zero-order valence-electron chi connectivity index (χ0n) is 9.61. The molecule has 13 heavy (non-hydrogen) atoms. The van der Waals surface area contributed by atoms with Crippen LogP contribution in [0.2, 0.25) is 0 Å². The molecule has 0 radical (unpaired) electrons. The van der Waals surface area contributed by atoms with Crippen molar-refractivity contribution in [3.8, 4) is 0 Å². The van der Waals surface area contributed by atoms with Gasteiger partial charge < -0.3 is 0 Å². The van der Waals surface area contributed by atoms with Crippen molar-refractivity contribution in [2.24, 2.45) is 5.92 Å². The van der Waals surface area contributed by atoms with Gasteiger partial charge in [0.1, 0.15) is 0 Å². The average molecular weight is 225 g/mol. The lowest BCUT2D eigenvalue weighted by Gasteiger charge is -2.32. The third kappa shape index (κ3) is 6.68. The summed E-state index contributed by atoms with van der Waals surface area (Å²) in [6, 6.07) is 0. The lowest BCUT2D eigenvalue weighted by molar-refractivity contribution is 0.498. The van der Waals surface area contributed by atoms with Crippen LogP contribution < -0.4 is 0 Å². The van der Waals surface area contributed by atoms with Crippen LogP contribution in [0, 0.1) is 5.92 Å². The average Bonchev–Trinajstić information content (AvgIpc) is 2.12. The standard InChI is InChI=1S/C11H25ClS/c1-5-7-8-11(6-2)9-13(3,4)10-12/h11H,5-10H2,1-4H3. The topological polar surface area (TPSA) is 0 Å². The van der Waals surface area contributed by atoms with Crippen LogP contribution in [-0.2, 0) is 0 Å². The minimum absolute atomic E-state index is 0.496. The van der Waals surface area contributed by atoms with E-state index in [1.807, 2.05) is 0 Å². The molecule has 1 atom stereocenters. The summed E-state index contributed by atoms with van der Waals surface area (Å²) in [6.07, 6.45) is 10.2. The van der Waals surface area contributed by atoms with Crippen molar-refractivity contribution >= 4 is 21.6 Å². The predicted octanol–water partition coefficient (Wildman–Crippen LogP) is 4.46. The molecular weight excluding hydrogens is 200 g/mol. The summed E-state index contributed by atoms with van der Waals surface area (Å²) < 4.78 is 0. The zero-order valence-corrected chi connectivity index (χ0v) is 11.2. The molecule has 0 amide bonds. The first-order valence-corrected chi connectivity index (χ1v) is 8.62. The van der Waals surface area contributed by atoms with Gasteiger partial charge in [-0.05, 0) is 30.6 Å². The fourth-order valence-corrected chi connectivity index (χ4v) is 3.62. The molecule has 0 rings (SSSR count). The Bertz CT molecular complexity index is 123. The van der Waals surface area contributed by atoms with Gasteiger partial charge in [-0.1, -0.05) is 33.1 Å². The Hall–Kier alpha value is 0.640. The second-order valence-electron chi connectivity index (χ2n) is 4.46. The van der Waals surface area contributed by atoms with Crippen LogP contribution in [0.15, 0.2) is 0 Å². The molecule has 0 aromatic rings. The maximum atomic E-state index is 5.97. The number of halogens is 1. The van der Waals surface area contributed by atoms with Gasteiger partial charge in [0.2, 0.25) is 0 Å². The van der Waals surface area contributed by atoms with Crippen LogP contribution in [0.4, 0.5) is 0 Å². The van der Waals surface area contributed by atoms with Crippen molar-refractivity contribution in [3.05, 3.63) is 0 Å². The molecule has 0 bridgehead atoms. The Kier molecular flexibility index (Phi) is 7.35. The van der Waals surface area contributed by atoms with Crippen molar-refractivity contribution < 1.29 is 0 Å². The Morgan fingerprint density at radius 1 is 1.23 bits per heavy atom. The first kappa shape index (κ1) is 13.6. The van der Waals surface area contributed by atoms with Gasteiger partial charge in [0.25, 0.3) is 0 Å². The van der Waals surface area contributed by atoms with Crippen molar-refractivity contribution in [1.29, 1.82) is 0 Å². The van der Waals surface area contributed by atoms with E-state index >= 15 is 0 Å². The summed E-state index contributed by atoms with van der Waals surface area (Å²) >= 11 is 5.97. The molecule has 0 nitrogen and oxygen atoms in total. The van der Waals surface area contributed by atoms with Crippen LogP contribution in [0.5, 0.6) is 0 Å². The van der Waals surface area contributed by atoms with E-state index < -0.39 is 10.0 Å². The van der Waals surface area contributed by atoms with Crippen LogP contribution in [-0.4, -0.2) is 23.5 Å². The van der Waals surface area contributed by atoms with Gasteiger partial charge in [0.15, 0.2) is 0 Å².